The molecule has 0 bridgehead atoms. The highest BCUT2D eigenvalue weighted by Crippen LogP contribution is 2.20. The molecule has 0 radical (unpaired) electrons. The quantitative estimate of drug-likeness (QED) is 0.738. The second kappa shape index (κ2) is 7.22. The van der Waals surface area contributed by atoms with Gasteiger partial charge in [-0.3, -0.25) is 4.79 Å². The first kappa shape index (κ1) is 17.9. The standard InChI is InChI=1S/C13H24N2O5S/c1-4-9(2)11(13(17)18)14-12(16)10-7-5-6-8-15(10)21(3,19)20/h9-11H,4-8H2,1-3H3,(H,14,16)(H,17,18)/t9-,10?,11-/m0/s1. The number of carboxylic acids is 1. The number of aliphatic carboxylic acids is 1. The summed E-state index contributed by atoms with van der Waals surface area (Å²) in [5.74, 6) is -1.84. The highest BCUT2D eigenvalue weighted by atomic mass is 32.2. The molecular weight excluding hydrogens is 296 g/mol. The van der Waals surface area contributed by atoms with E-state index in [9.17, 15) is 23.1 Å². The Labute approximate surface area is 125 Å². The van der Waals surface area contributed by atoms with Crippen LogP contribution in [0.2, 0.25) is 0 Å². The summed E-state index contributed by atoms with van der Waals surface area (Å²) >= 11 is 0. The summed E-state index contributed by atoms with van der Waals surface area (Å²) in [5, 5.41) is 11.7. The number of rotatable bonds is 6. The average Bonchev–Trinajstić information content (AvgIpc) is 2.42. The van der Waals surface area contributed by atoms with Crippen LogP contribution in [0.5, 0.6) is 0 Å². The van der Waals surface area contributed by atoms with E-state index in [2.05, 4.69) is 5.32 Å². The number of hydrogen-bond acceptors (Lipinski definition) is 4. The predicted octanol–water partition coefficient (Wildman–Crippen LogP) is 0.416. The third-order valence-electron chi connectivity index (χ3n) is 3.96. The Morgan fingerprint density at radius 2 is 2.00 bits per heavy atom. The third-order valence-corrected chi connectivity index (χ3v) is 5.25. The lowest BCUT2D eigenvalue weighted by molar-refractivity contribution is -0.144. The average molecular weight is 320 g/mol. The van der Waals surface area contributed by atoms with Crippen molar-refractivity contribution in [2.24, 2.45) is 5.92 Å². The van der Waals surface area contributed by atoms with E-state index in [-0.39, 0.29) is 5.92 Å². The maximum atomic E-state index is 12.3. The van der Waals surface area contributed by atoms with Crippen LogP contribution in [-0.2, 0) is 19.6 Å². The molecule has 1 aliphatic heterocycles. The molecule has 122 valence electrons. The van der Waals surface area contributed by atoms with Crippen molar-refractivity contribution in [1.29, 1.82) is 0 Å². The number of carbonyl (C=O) groups excluding carboxylic acids is 1. The molecule has 2 N–H and O–H groups in total. The maximum Gasteiger partial charge on any atom is 0.326 e. The molecule has 1 fully saturated rings. The van der Waals surface area contributed by atoms with Gasteiger partial charge in [0.15, 0.2) is 0 Å². The fourth-order valence-corrected chi connectivity index (χ4v) is 3.62. The summed E-state index contributed by atoms with van der Waals surface area (Å²) in [4.78, 5) is 23.6. The second-order valence-corrected chi connectivity index (χ2v) is 7.53. The normalized spacial score (nSPS) is 23.3. The molecular formula is C13H24N2O5S. The smallest absolute Gasteiger partial charge is 0.326 e. The van der Waals surface area contributed by atoms with Crippen LogP contribution in [0.4, 0.5) is 0 Å². The summed E-state index contributed by atoms with van der Waals surface area (Å²) in [6.07, 6.45) is 3.57. The van der Waals surface area contributed by atoms with Crippen LogP contribution in [0.3, 0.4) is 0 Å². The lowest BCUT2D eigenvalue weighted by Gasteiger charge is -2.33. The van der Waals surface area contributed by atoms with E-state index in [1.807, 2.05) is 6.92 Å². The zero-order valence-corrected chi connectivity index (χ0v) is 13.5. The number of amides is 1. The zero-order chi connectivity index (χ0) is 16.2. The summed E-state index contributed by atoms with van der Waals surface area (Å²) in [7, 11) is -3.48. The van der Waals surface area contributed by atoms with Gasteiger partial charge in [-0.25, -0.2) is 13.2 Å². The zero-order valence-electron chi connectivity index (χ0n) is 12.7. The van der Waals surface area contributed by atoms with Gasteiger partial charge >= 0.3 is 5.97 Å². The molecule has 3 atom stereocenters. The van der Waals surface area contributed by atoms with Crippen molar-refractivity contribution < 1.29 is 23.1 Å². The third kappa shape index (κ3) is 4.67. The number of hydrogen-bond donors (Lipinski definition) is 2. The second-order valence-electron chi connectivity index (χ2n) is 5.60. The van der Waals surface area contributed by atoms with Gasteiger partial charge in [-0.2, -0.15) is 4.31 Å². The van der Waals surface area contributed by atoms with Crippen LogP contribution in [0, 0.1) is 5.92 Å². The number of carbonyl (C=O) groups is 2. The van der Waals surface area contributed by atoms with E-state index < -0.39 is 34.0 Å². The van der Waals surface area contributed by atoms with E-state index >= 15 is 0 Å². The lowest BCUT2D eigenvalue weighted by Crippen LogP contribution is -2.55. The molecule has 1 amide bonds. The molecule has 1 unspecified atom stereocenters. The Morgan fingerprint density at radius 3 is 2.48 bits per heavy atom. The highest BCUT2D eigenvalue weighted by Gasteiger charge is 2.36. The van der Waals surface area contributed by atoms with Crippen LogP contribution in [0.15, 0.2) is 0 Å². The van der Waals surface area contributed by atoms with E-state index in [1.165, 1.54) is 4.31 Å². The van der Waals surface area contributed by atoms with Crippen LogP contribution in [0.25, 0.3) is 0 Å². The number of sulfonamides is 1. The van der Waals surface area contributed by atoms with Gasteiger partial charge in [-0.15, -0.1) is 0 Å². The Bertz CT molecular complexity index is 491. The molecule has 8 heteroatoms. The SMILES string of the molecule is CC[C@H](C)[C@H](NC(=O)C1CCCCN1S(C)(=O)=O)C(=O)O. The molecule has 1 saturated heterocycles. The Kier molecular flexibility index (Phi) is 6.15. The van der Waals surface area contributed by atoms with Gasteiger partial charge in [0.05, 0.1) is 6.26 Å². The van der Waals surface area contributed by atoms with Gasteiger partial charge in [-0.05, 0) is 18.8 Å². The van der Waals surface area contributed by atoms with Crippen molar-refractivity contribution in [2.45, 2.75) is 51.6 Å². The molecule has 0 aromatic rings. The molecule has 1 rings (SSSR count). The number of piperidine rings is 1. The van der Waals surface area contributed by atoms with Crippen LogP contribution in [-0.4, -0.2) is 54.6 Å². The van der Waals surface area contributed by atoms with Gasteiger partial charge in [0.25, 0.3) is 0 Å². The van der Waals surface area contributed by atoms with Crippen molar-refractivity contribution in [3.8, 4) is 0 Å². The number of carboxylic acid groups (broad SMARTS) is 1. The van der Waals surface area contributed by atoms with E-state index in [1.54, 1.807) is 6.92 Å². The minimum atomic E-state index is -3.48. The minimum Gasteiger partial charge on any atom is -0.480 e. The van der Waals surface area contributed by atoms with Crippen LogP contribution in [0.1, 0.15) is 39.5 Å². The van der Waals surface area contributed by atoms with Crippen LogP contribution >= 0.6 is 0 Å². The predicted molar refractivity (Wildman–Crippen MR) is 78.2 cm³/mol. The van der Waals surface area contributed by atoms with Crippen molar-refractivity contribution in [2.75, 3.05) is 12.8 Å². The largest absolute Gasteiger partial charge is 0.480 e. The number of nitrogens with zero attached hydrogens (tertiary/aromatic N) is 1. The van der Waals surface area contributed by atoms with Gasteiger partial charge < -0.3 is 10.4 Å². The molecule has 0 aromatic carbocycles. The first-order valence-electron chi connectivity index (χ1n) is 7.18. The Hall–Kier alpha value is -1.15. The summed E-state index contributed by atoms with van der Waals surface area (Å²) in [6, 6.07) is -1.80. The van der Waals surface area contributed by atoms with Crippen molar-refractivity contribution in [3.63, 3.8) is 0 Å². The van der Waals surface area contributed by atoms with Gasteiger partial charge in [0.1, 0.15) is 12.1 Å². The Balaban J connectivity index is 2.87. The summed E-state index contributed by atoms with van der Waals surface area (Å²) in [5.41, 5.74) is 0. The molecule has 1 aliphatic rings. The molecule has 0 aromatic heterocycles. The Morgan fingerprint density at radius 1 is 1.38 bits per heavy atom. The topological polar surface area (TPSA) is 104 Å². The van der Waals surface area contributed by atoms with Gasteiger partial charge in [0, 0.05) is 6.54 Å². The van der Waals surface area contributed by atoms with E-state index in [4.69, 9.17) is 0 Å². The summed E-state index contributed by atoms with van der Waals surface area (Å²) in [6.45, 7) is 3.89. The van der Waals surface area contributed by atoms with Crippen molar-refractivity contribution in [1.82, 2.24) is 9.62 Å². The maximum absolute atomic E-state index is 12.3. The van der Waals surface area contributed by atoms with Crippen molar-refractivity contribution in [3.05, 3.63) is 0 Å². The van der Waals surface area contributed by atoms with Gasteiger partial charge in [0.2, 0.25) is 15.9 Å². The molecule has 0 spiro atoms. The summed E-state index contributed by atoms with van der Waals surface area (Å²) < 4.78 is 24.6. The molecule has 0 aliphatic carbocycles. The lowest BCUT2D eigenvalue weighted by atomic mass is 9.98. The fourth-order valence-electron chi connectivity index (χ4n) is 2.50. The number of nitrogens with one attached hydrogen (secondary N) is 1. The highest BCUT2D eigenvalue weighted by molar-refractivity contribution is 7.88. The van der Waals surface area contributed by atoms with Gasteiger partial charge in [-0.1, -0.05) is 26.7 Å². The molecule has 7 nitrogen and oxygen atoms in total. The minimum absolute atomic E-state index is 0.221. The van der Waals surface area contributed by atoms with Crippen molar-refractivity contribution >= 4 is 21.9 Å². The first-order chi connectivity index (χ1) is 9.68. The van der Waals surface area contributed by atoms with E-state index in [0.29, 0.717) is 25.8 Å². The fraction of sp³-hybridized carbons (Fsp3) is 0.846. The van der Waals surface area contributed by atoms with Crippen LogP contribution < -0.4 is 5.32 Å². The molecule has 21 heavy (non-hydrogen) atoms. The van der Waals surface area contributed by atoms with E-state index in [0.717, 1.165) is 12.7 Å². The molecule has 1 heterocycles. The molecule has 0 saturated carbocycles. The first-order valence-corrected chi connectivity index (χ1v) is 9.03. The monoisotopic (exact) mass is 320 g/mol.